The smallest absolute Gasteiger partial charge is 0.409 e. The van der Waals surface area contributed by atoms with E-state index in [9.17, 15) is 38.2 Å². The van der Waals surface area contributed by atoms with Crippen molar-refractivity contribution >= 4 is 46.2 Å². The van der Waals surface area contributed by atoms with E-state index in [-0.39, 0.29) is 131 Å². The van der Waals surface area contributed by atoms with Crippen LogP contribution in [0.1, 0.15) is 77.8 Å². The molecule has 4 atom stereocenters. The number of pyridine rings is 2. The van der Waals surface area contributed by atoms with Gasteiger partial charge in [0.05, 0.1) is 119 Å². The number of benzene rings is 6. The maximum absolute atomic E-state index is 15.8. The number of fused-ring (bicyclic) bond motifs is 2. The largest absolute Gasteiger partial charge is 0.478 e. The Labute approximate surface area is 553 Å². The van der Waals surface area contributed by atoms with Crippen molar-refractivity contribution in [3.8, 4) is 46.4 Å². The lowest BCUT2D eigenvalue weighted by molar-refractivity contribution is 0.0686. The Kier molecular flexibility index (Phi) is 20.0. The Balaban J connectivity index is 0.000000198. The molecule has 0 aliphatic carbocycles. The summed E-state index contributed by atoms with van der Waals surface area (Å²) in [6.07, 6.45) is -2.59. The number of aromatic nitrogens is 6. The van der Waals surface area contributed by atoms with E-state index < -0.39 is 83.3 Å². The van der Waals surface area contributed by atoms with Crippen molar-refractivity contribution < 1.29 is 84.2 Å². The number of rotatable bonds is 18. The van der Waals surface area contributed by atoms with Gasteiger partial charge in [0.1, 0.15) is 59.8 Å². The minimum atomic E-state index is -1.16. The number of methoxy groups -OCH3 is 4. The van der Waals surface area contributed by atoms with E-state index in [1.54, 1.807) is 9.13 Å². The second-order valence-electron chi connectivity index (χ2n) is 22.6. The van der Waals surface area contributed by atoms with Gasteiger partial charge in [-0.25, -0.2) is 65.5 Å². The predicted octanol–water partition coefficient (Wildman–Crippen LogP) is 11.8. The fourth-order valence-corrected chi connectivity index (χ4v) is 11.8. The monoisotopic (exact) mass is 1340 g/mol. The fraction of sp³-hybridized carbons (Fsp3) is 0.229. The van der Waals surface area contributed by atoms with Gasteiger partial charge in [0.2, 0.25) is 11.8 Å². The van der Waals surface area contributed by atoms with Crippen LogP contribution in [0.15, 0.2) is 133 Å². The van der Waals surface area contributed by atoms with E-state index in [2.05, 4.69) is 19.9 Å². The van der Waals surface area contributed by atoms with Gasteiger partial charge < -0.3 is 57.6 Å². The number of halogens is 6. The lowest BCUT2D eigenvalue weighted by atomic mass is 10.0. The van der Waals surface area contributed by atoms with Crippen LogP contribution in [0.2, 0.25) is 0 Å². The summed E-state index contributed by atoms with van der Waals surface area (Å²) < 4.78 is 127. The van der Waals surface area contributed by atoms with Crippen molar-refractivity contribution in [2.24, 2.45) is 0 Å². The van der Waals surface area contributed by atoms with E-state index in [0.29, 0.717) is 33.7 Å². The molecule has 6 aromatic carbocycles. The molecule has 2 aliphatic rings. The van der Waals surface area contributed by atoms with Crippen molar-refractivity contribution in [1.82, 2.24) is 38.9 Å². The molecule has 0 saturated carbocycles. The number of carboxylic acid groups (broad SMARTS) is 2. The van der Waals surface area contributed by atoms with Gasteiger partial charge in [0.15, 0.2) is 0 Å². The van der Waals surface area contributed by atoms with Crippen LogP contribution in [-0.4, -0.2) is 140 Å². The van der Waals surface area contributed by atoms with Crippen LogP contribution in [0.5, 0.6) is 11.8 Å². The van der Waals surface area contributed by atoms with Gasteiger partial charge in [-0.05, 0) is 108 Å². The minimum absolute atomic E-state index is 0.000635. The lowest BCUT2D eigenvalue weighted by Crippen LogP contribution is -2.29. The van der Waals surface area contributed by atoms with Gasteiger partial charge in [-0.1, -0.05) is 24.3 Å². The van der Waals surface area contributed by atoms with Gasteiger partial charge in [0, 0.05) is 74.5 Å². The normalized spacial score (nSPS) is 15.7. The quantitative estimate of drug-likeness (QED) is 0.0755. The molecule has 0 bridgehead atoms. The number of imidazole rings is 2. The maximum Gasteiger partial charge on any atom is 0.409 e. The van der Waals surface area contributed by atoms with Crippen LogP contribution in [0, 0.1) is 57.6 Å². The highest BCUT2D eigenvalue weighted by Crippen LogP contribution is 2.37. The Bertz CT molecular complexity index is 4560. The number of carbonyl (C=O) groups is 4. The number of nitriles is 2. The summed E-state index contributed by atoms with van der Waals surface area (Å²) in [7, 11) is 5.47. The summed E-state index contributed by atoms with van der Waals surface area (Å²) in [6, 6.07) is 32.4. The molecule has 12 rings (SSSR count). The highest BCUT2D eigenvalue weighted by atomic mass is 19.1. The third-order valence-electron chi connectivity index (χ3n) is 16.7. The van der Waals surface area contributed by atoms with Crippen LogP contribution >= 0.6 is 0 Å². The molecule has 28 heteroatoms. The maximum atomic E-state index is 15.8. The number of amides is 2. The molecule has 2 fully saturated rings. The number of ether oxygens (including phenoxy) is 6. The summed E-state index contributed by atoms with van der Waals surface area (Å²) in [6.45, 7) is 0.224. The zero-order valence-electron chi connectivity index (χ0n) is 52.4. The number of aromatic carboxylic acids is 2. The SMILES string of the molecule is COC(=O)N1C[C@@H](OC)[C@@H](n2c(Cc3cc(F)c(-c4cccc(OCc5ccc(C#N)cc5F)n4)cc3F)nc3ccc(C(=O)O)cc32)C1.COC(=O)N1C[C@@H](OC)[C@@H](n2c(Cc3cc(F)c(-c4cccc(OCc5ccc(C#N)cc5F)n4)cc3F)nc3ccc(C(=O)O)cc32)C1. The predicted molar refractivity (Wildman–Crippen MR) is 337 cm³/mol. The van der Waals surface area contributed by atoms with Crippen LogP contribution in [-0.2, 0) is 45.0 Å². The third kappa shape index (κ3) is 14.2. The van der Waals surface area contributed by atoms with Gasteiger partial charge in [-0.15, -0.1) is 0 Å². The van der Waals surface area contributed by atoms with E-state index in [4.69, 9.17) is 38.9 Å². The average Bonchev–Trinajstić information content (AvgIpc) is 1.60. The van der Waals surface area contributed by atoms with Crippen molar-refractivity contribution in [3.63, 3.8) is 0 Å². The molecule has 98 heavy (non-hydrogen) atoms. The van der Waals surface area contributed by atoms with Crippen LogP contribution < -0.4 is 9.47 Å². The molecule has 0 spiro atoms. The first-order valence-electron chi connectivity index (χ1n) is 29.9. The van der Waals surface area contributed by atoms with E-state index in [1.165, 1.54) is 135 Å². The first-order valence-corrected chi connectivity index (χ1v) is 29.9. The second kappa shape index (κ2) is 29.0. The number of hydrogen-bond acceptors (Lipinski definition) is 16. The third-order valence-corrected chi connectivity index (χ3v) is 16.7. The summed E-state index contributed by atoms with van der Waals surface area (Å²) in [5.41, 5.74) is 2.20. The van der Waals surface area contributed by atoms with Crippen LogP contribution in [0.25, 0.3) is 44.6 Å². The summed E-state index contributed by atoms with van der Waals surface area (Å²) in [4.78, 5) is 69.1. The van der Waals surface area contributed by atoms with Crippen LogP contribution in [0.4, 0.5) is 35.9 Å². The van der Waals surface area contributed by atoms with E-state index in [0.717, 1.165) is 36.4 Å². The van der Waals surface area contributed by atoms with Gasteiger partial charge in [-0.3, -0.25) is 0 Å². The molecular formula is C70H56F6N10O12. The Morgan fingerprint density at radius 3 is 1.23 bits per heavy atom. The average molecular weight is 1340 g/mol. The van der Waals surface area contributed by atoms with Gasteiger partial charge >= 0.3 is 24.1 Å². The number of carboxylic acids is 2. The molecule has 2 saturated heterocycles. The van der Waals surface area contributed by atoms with Crippen molar-refractivity contribution in [3.05, 3.63) is 225 Å². The second-order valence-corrected chi connectivity index (χ2v) is 22.6. The van der Waals surface area contributed by atoms with Gasteiger partial charge in [0.25, 0.3) is 0 Å². The Hall–Kier alpha value is -11.9. The minimum Gasteiger partial charge on any atom is -0.478 e. The zero-order valence-corrected chi connectivity index (χ0v) is 52.4. The highest BCUT2D eigenvalue weighted by molar-refractivity contribution is 5.93. The molecular weight excluding hydrogens is 1290 g/mol. The van der Waals surface area contributed by atoms with Crippen LogP contribution in [0.3, 0.4) is 0 Å². The fourth-order valence-electron chi connectivity index (χ4n) is 11.8. The highest BCUT2D eigenvalue weighted by Gasteiger charge is 2.41. The number of hydrogen-bond donors (Lipinski definition) is 2. The van der Waals surface area contributed by atoms with Crippen molar-refractivity contribution in [1.29, 1.82) is 10.5 Å². The number of likely N-dealkylation sites (tertiary alicyclic amines) is 2. The molecule has 4 aromatic heterocycles. The molecule has 10 aromatic rings. The first-order chi connectivity index (χ1) is 47.2. The zero-order chi connectivity index (χ0) is 69.6. The number of nitrogens with zero attached hydrogens (tertiary/aromatic N) is 10. The topological polar surface area (TPSA) is 280 Å². The summed E-state index contributed by atoms with van der Waals surface area (Å²) in [5, 5.41) is 37.2. The molecule has 0 radical (unpaired) electrons. The van der Waals surface area contributed by atoms with Gasteiger partial charge in [-0.2, -0.15) is 10.5 Å². The Morgan fingerprint density at radius 1 is 0.480 bits per heavy atom. The van der Waals surface area contributed by atoms with E-state index >= 15 is 17.6 Å². The standard InChI is InChI=1S/2C35H28F3N5O6/c2*1-47-31-17-42(35(46)48-2)16-30(31)43-29-12-20(34(44)45)8-9-28(29)40-32(43)13-22-11-26(38)23(14-25(22)37)27-4-3-5-33(41-27)49-18-21-7-6-19(15-39)10-24(21)36/h2*3-12,14,30-31H,13,16-18H2,1-2H3,(H,44,45)/t2*30-,31+/m00/s1. The molecule has 2 aliphatic heterocycles. The molecule has 6 heterocycles. The summed E-state index contributed by atoms with van der Waals surface area (Å²) in [5.74, 6) is -5.93. The molecule has 500 valence electrons. The first kappa shape index (κ1) is 67.5. The molecule has 22 nitrogen and oxygen atoms in total. The molecule has 2 amide bonds. The number of carbonyl (C=O) groups excluding carboxylic acids is 2. The summed E-state index contributed by atoms with van der Waals surface area (Å²) >= 11 is 0. The van der Waals surface area contributed by atoms with Crippen molar-refractivity contribution in [2.75, 3.05) is 54.6 Å². The molecule has 2 N–H and O–H groups in total. The van der Waals surface area contributed by atoms with Crippen molar-refractivity contribution in [2.45, 2.75) is 50.3 Å². The molecule has 0 unspecified atom stereocenters. The lowest BCUT2D eigenvalue weighted by Gasteiger charge is -2.22. The Morgan fingerprint density at radius 2 is 0.878 bits per heavy atom. The van der Waals surface area contributed by atoms with E-state index in [1.807, 2.05) is 12.1 Å².